The van der Waals surface area contributed by atoms with E-state index in [2.05, 4.69) is 21.1 Å². The number of carbonyl (C=O) groups excluding carboxylic acids is 1. The summed E-state index contributed by atoms with van der Waals surface area (Å²) in [4.78, 5) is 15.0. The van der Waals surface area contributed by atoms with Crippen LogP contribution < -0.4 is 21.9 Å². The first kappa shape index (κ1) is 13.7. The average Bonchev–Trinajstić information content (AvgIpc) is 2.23. The first-order valence-electron chi connectivity index (χ1n) is 4.75. The second kappa shape index (κ2) is 9.22. The molecule has 0 aliphatic carbocycles. The quantitative estimate of drug-likeness (QED) is 0.138. The van der Waals surface area contributed by atoms with Gasteiger partial charge in [-0.3, -0.25) is 10.2 Å². The maximum Gasteiger partial charge on any atom is 0.241 e. The van der Waals surface area contributed by atoms with Gasteiger partial charge in [0.2, 0.25) is 11.9 Å². The zero-order valence-electron chi connectivity index (χ0n) is 9.17. The summed E-state index contributed by atoms with van der Waals surface area (Å²) in [5.41, 5.74) is 2.36. The molecule has 0 bridgehead atoms. The number of nitrogens with two attached hydrogens (primary N) is 1. The van der Waals surface area contributed by atoms with Crippen molar-refractivity contribution in [3.8, 4) is 0 Å². The lowest BCUT2D eigenvalue weighted by atomic mass is 10.5. The van der Waals surface area contributed by atoms with Gasteiger partial charge in [0.05, 0.1) is 6.61 Å². The van der Waals surface area contributed by atoms with Gasteiger partial charge in [-0.1, -0.05) is 0 Å². The number of methoxy groups -OCH3 is 1. The molecular weight excluding hydrogens is 198 g/mol. The molecule has 1 amide bonds. The van der Waals surface area contributed by atoms with Crippen LogP contribution in [-0.4, -0.2) is 45.2 Å². The number of rotatable bonds is 6. The number of hydrogen-bond donors (Lipinski definition) is 4. The molecule has 0 aromatic carbocycles. The van der Waals surface area contributed by atoms with Crippen molar-refractivity contribution in [1.82, 2.24) is 16.1 Å². The van der Waals surface area contributed by atoms with E-state index in [-0.39, 0.29) is 12.5 Å². The molecule has 0 saturated heterocycles. The molecule has 0 unspecified atom stereocenters. The van der Waals surface area contributed by atoms with Crippen LogP contribution in [0.25, 0.3) is 0 Å². The molecule has 7 heteroatoms. The number of likely N-dealkylation sites (N-methyl/N-ethyl adjacent to an activating group) is 1. The Balaban J connectivity index is 3.82. The van der Waals surface area contributed by atoms with Crippen LogP contribution in [0.5, 0.6) is 0 Å². The summed E-state index contributed by atoms with van der Waals surface area (Å²) in [5, 5.41) is 5.50. The zero-order chi connectivity index (χ0) is 11.5. The highest BCUT2D eigenvalue weighted by Gasteiger charge is 1.99. The van der Waals surface area contributed by atoms with E-state index < -0.39 is 0 Å². The lowest BCUT2D eigenvalue weighted by molar-refractivity contribution is -0.119. The van der Waals surface area contributed by atoms with Crippen molar-refractivity contribution in [3.63, 3.8) is 0 Å². The van der Waals surface area contributed by atoms with Gasteiger partial charge in [-0.2, -0.15) is 0 Å². The lowest BCUT2D eigenvalue weighted by Gasteiger charge is -2.08. The average molecular weight is 217 g/mol. The van der Waals surface area contributed by atoms with Crippen LogP contribution in [0, 0.1) is 0 Å². The Hall–Kier alpha value is -1.34. The summed E-state index contributed by atoms with van der Waals surface area (Å²) in [5.74, 6) is 5.43. The Morgan fingerprint density at radius 2 is 2.20 bits per heavy atom. The van der Waals surface area contributed by atoms with Crippen LogP contribution in [0.3, 0.4) is 0 Å². The van der Waals surface area contributed by atoms with Crippen molar-refractivity contribution < 1.29 is 9.53 Å². The molecule has 0 radical (unpaired) electrons. The molecule has 15 heavy (non-hydrogen) atoms. The highest BCUT2D eigenvalue weighted by Crippen LogP contribution is 1.73. The highest BCUT2D eigenvalue weighted by atomic mass is 16.5. The maximum atomic E-state index is 11.1. The largest absolute Gasteiger partial charge is 0.383 e. The van der Waals surface area contributed by atoms with Crippen LogP contribution in [0.2, 0.25) is 0 Å². The van der Waals surface area contributed by atoms with Crippen LogP contribution >= 0.6 is 0 Å². The van der Waals surface area contributed by atoms with E-state index in [0.717, 1.165) is 0 Å². The Morgan fingerprint density at radius 3 is 2.73 bits per heavy atom. The minimum absolute atomic E-state index is 0.0490. The van der Waals surface area contributed by atoms with E-state index in [9.17, 15) is 4.79 Å². The second-order valence-corrected chi connectivity index (χ2v) is 2.68. The summed E-state index contributed by atoms with van der Waals surface area (Å²) in [6.07, 6.45) is 0. The summed E-state index contributed by atoms with van der Waals surface area (Å²) in [6.45, 7) is 3.61. The van der Waals surface area contributed by atoms with Gasteiger partial charge < -0.3 is 15.4 Å². The van der Waals surface area contributed by atoms with Gasteiger partial charge in [0.15, 0.2) is 0 Å². The third-order valence-corrected chi connectivity index (χ3v) is 1.49. The number of guanidine groups is 1. The molecule has 0 spiro atoms. The molecule has 0 saturated carbocycles. The molecule has 7 nitrogen and oxygen atoms in total. The molecular formula is C8H19N5O2. The van der Waals surface area contributed by atoms with E-state index in [4.69, 9.17) is 10.6 Å². The first-order chi connectivity index (χ1) is 7.24. The van der Waals surface area contributed by atoms with Crippen molar-refractivity contribution >= 4 is 11.9 Å². The number of nitrogens with one attached hydrogen (secondary N) is 3. The Morgan fingerprint density at radius 1 is 1.47 bits per heavy atom. The smallest absolute Gasteiger partial charge is 0.241 e. The molecule has 5 N–H and O–H groups in total. The molecule has 0 aromatic rings. The third kappa shape index (κ3) is 7.71. The summed E-state index contributed by atoms with van der Waals surface area (Å²) in [7, 11) is 1.60. The molecule has 0 aliphatic rings. The SMILES string of the molecule is CCNC(=O)CN=C(NN)NCCOC. The van der Waals surface area contributed by atoms with E-state index >= 15 is 0 Å². The molecule has 0 heterocycles. The molecule has 0 fully saturated rings. The van der Waals surface area contributed by atoms with Crippen LogP contribution in [0.1, 0.15) is 6.92 Å². The van der Waals surface area contributed by atoms with Gasteiger partial charge in [0, 0.05) is 20.2 Å². The van der Waals surface area contributed by atoms with Gasteiger partial charge in [-0.05, 0) is 6.92 Å². The minimum atomic E-state index is -0.140. The topological polar surface area (TPSA) is 101 Å². The lowest BCUT2D eigenvalue weighted by Crippen LogP contribution is -2.43. The monoisotopic (exact) mass is 217 g/mol. The van der Waals surface area contributed by atoms with Crippen molar-refractivity contribution in [2.45, 2.75) is 6.92 Å². The molecule has 0 aliphatic heterocycles. The highest BCUT2D eigenvalue weighted by molar-refractivity contribution is 5.84. The number of hydrogen-bond acceptors (Lipinski definition) is 4. The van der Waals surface area contributed by atoms with Crippen molar-refractivity contribution in [1.29, 1.82) is 0 Å². The van der Waals surface area contributed by atoms with Crippen LogP contribution in [-0.2, 0) is 9.53 Å². The third-order valence-electron chi connectivity index (χ3n) is 1.49. The number of amides is 1. The van der Waals surface area contributed by atoms with E-state index in [1.165, 1.54) is 0 Å². The molecule has 88 valence electrons. The second-order valence-electron chi connectivity index (χ2n) is 2.68. The fraction of sp³-hybridized carbons (Fsp3) is 0.750. The number of aliphatic imine (C=N–C) groups is 1. The Bertz CT molecular complexity index is 207. The number of nitrogens with zero attached hydrogens (tertiary/aromatic N) is 1. The summed E-state index contributed by atoms with van der Waals surface area (Å²) < 4.78 is 4.84. The summed E-state index contributed by atoms with van der Waals surface area (Å²) >= 11 is 0. The fourth-order valence-corrected chi connectivity index (χ4v) is 0.828. The summed E-state index contributed by atoms with van der Waals surface area (Å²) in [6, 6.07) is 0. The zero-order valence-corrected chi connectivity index (χ0v) is 9.17. The Labute approximate surface area is 89.4 Å². The first-order valence-corrected chi connectivity index (χ1v) is 4.75. The fourth-order valence-electron chi connectivity index (χ4n) is 0.828. The van der Waals surface area contributed by atoms with Crippen LogP contribution in [0.4, 0.5) is 0 Å². The minimum Gasteiger partial charge on any atom is -0.383 e. The van der Waals surface area contributed by atoms with Crippen molar-refractivity contribution in [2.24, 2.45) is 10.8 Å². The maximum absolute atomic E-state index is 11.1. The van der Waals surface area contributed by atoms with Gasteiger partial charge in [-0.15, -0.1) is 0 Å². The predicted molar refractivity (Wildman–Crippen MR) is 58.2 cm³/mol. The Kier molecular flexibility index (Phi) is 8.40. The van der Waals surface area contributed by atoms with Gasteiger partial charge in [0.1, 0.15) is 6.54 Å². The molecule has 0 atom stereocenters. The number of carbonyl (C=O) groups is 1. The van der Waals surface area contributed by atoms with Gasteiger partial charge in [0.25, 0.3) is 0 Å². The predicted octanol–water partition coefficient (Wildman–Crippen LogP) is -1.82. The van der Waals surface area contributed by atoms with Crippen molar-refractivity contribution in [2.75, 3.05) is 33.4 Å². The molecule has 0 aromatic heterocycles. The van der Waals surface area contributed by atoms with Crippen molar-refractivity contribution in [3.05, 3.63) is 0 Å². The van der Waals surface area contributed by atoms with Crippen LogP contribution in [0.15, 0.2) is 4.99 Å². The van der Waals surface area contributed by atoms with E-state index in [1.807, 2.05) is 6.92 Å². The van der Waals surface area contributed by atoms with Gasteiger partial charge in [-0.25, -0.2) is 10.8 Å². The number of hydrazine groups is 1. The van der Waals surface area contributed by atoms with E-state index in [1.54, 1.807) is 7.11 Å². The number of ether oxygens (including phenoxy) is 1. The van der Waals surface area contributed by atoms with Gasteiger partial charge >= 0.3 is 0 Å². The molecule has 0 rings (SSSR count). The normalized spacial score (nSPS) is 11.0. The standard InChI is InChI=1S/C8H19N5O2/c1-3-10-7(14)6-12-8(13-9)11-4-5-15-2/h3-6,9H2,1-2H3,(H,10,14)(H2,11,12,13). The van der Waals surface area contributed by atoms with E-state index in [0.29, 0.717) is 25.7 Å².